The number of hydrogen-bond acceptors (Lipinski definition) is 2. The number of benzene rings is 1. The number of halogens is 4. The van der Waals surface area contributed by atoms with Gasteiger partial charge in [-0.2, -0.15) is 8.78 Å². The van der Waals surface area contributed by atoms with E-state index in [1.54, 1.807) is 0 Å². The molecule has 1 aliphatic carbocycles. The van der Waals surface area contributed by atoms with Crippen molar-refractivity contribution >= 4 is 29.9 Å². The van der Waals surface area contributed by atoms with Crippen LogP contribution in [0.15, 0.2) is 23.2 Å². The Kier molecular flexibility index (Phi) is 9.24. The van der Waals surface area contributed by atoms with Gasteiger partial charge in [0.15, 0.2) is 5.96 Å². The number of nitrogens with zero attached hydrogens (tertiary/aromatic N) is 1. The average Bonchev–Trinajstić information content (AvgIpc) is 2.99. The third kappa shape index (κ3) is 6.37. The lowest BCUT2D eigenvalue weighted by atomic mass is 10.2. The van der Waals surface area contributed by atoms with E-state index in [1.807, 2.05) is 6.92 Å². The van der Waals surface area contributed by atoms with Gasteiger partial charge in [-0.15, -0.1) is 24.0 Å². The molecule has 8 heteroatoms. The maximum atomic E-state index is 13.9. The maximum Gasteiger partial charge on any atom is 0.387 e. The van der Waals surface area contributed by atoms with E-state index in [9.17, 15) is 13.2 Å². The first kappa shape index (κ1) is 20.9. The van der Waals surface area contributed by atoms with Gasteiger partial charge in [-0.05, 0) is 31.9 Å². The lowest BCUT2D eigenvalue weighted by Crippen LogP contribution is -2.42. The molecule has 0 amide bonds. The molecule has 1 aromatic carbocycles. The largest absolute Gasteiger partial charge is 0.434 e. The van der Waals surface area contributed by atoms with Crippen LogP contribution in [0.1, 0.15) is 38.2 Å². The minimum atomic E-state index is -3.00. The molecular formula is C16H23F3IN3O. The fourth-order valence-corrected chi connectivity index (χ4v) is 2.64. The van der Waals surface area contributed by atoms with Crippen molar-refractivity contribution in [2.24, 2.45) is 4.99 Å². The highest BCUT2D eigenvalue weighted by Crippen LogP contribution is 2.24. The van der Waals surface area contributed by atoms with E-state index in [0.29, 0.717) is 18.5 Å². The summed E-state index contributed by atoms with van der Waals surface area (Å²) in [5.74, 6) is -0.227. The van der Waals surface area contributed by atoms with Crippen molar-refractivity contribution < 1.29 is 17.9 Å². The zero-order chi connectivity index (χ0) is 16.7. The Labute approximate surface area is 157 Å². The zero-order valence-corrected chi connectivity index (χ0v) is 15.9. The van der Waals surface area contributed by atoms with Gasteiger partial charge in [0, 0.05) is 12.6 Å². The summed E-state index contributed by atoms with van der Waals surface area (Å²) >= 11 is 0. The van der Waals surface area contributed by atoms with Crippen LogP contribution < -0.4 is 15.4 Å². The van der Waals surface area contributed by atoms with Crippen LogP contribution in [-0.4, -0.2) is 25.2 Å². The Bertz CT molecular complexity index is 537. The molecule has 0 atom stereocenters. The molecule has 1 aliphatic rings. The van der Waals surface area contributed by atoms with Gasteiger partial charge < -0.3 is 15.4 Å². The first-order valence-corrected chi connectivity index (χ1v) is 7.87. The van der Waals surface area contributed by atoms with Gasteiger partial charge in [0.25, 0.3) is 0 Å². The van der Waals surface area contributed by atoms with E-state index in [0.717, 1.165) is 12.8 Å². The predicted octanol–water partition coefficient (Wildman–Crippen LogP) is 4.04. The topological polar surface area (TPSA) is 45.7 Å². The summed E-state index contributed by atoms with van der Waals surface area (Å²) < 4.78 is 43.1. The summed E-state index contributed by atoms with van der Waals surface area (Å²) in [7, 11) is 0. The molecule has 4 nitrogen and oxygen atoms in total. The number of rotatable bonds is 6. The molecule has 0 aromatic heterocycles. The smallest absolute Gasteiger partial charge is 0.387 e. The summed E-state index contributed by atoms with van der Waals surface area (Å²) in [6.45, 7) is -0.475. The van der Waals surface area contributed by atoms with Crippen molar-refractivity contribution in [2.45, 2.75) is 51.8 Å². The minimum Gasteiger partial charge on any atom is -0.434 e. The van der Waals surface area contributed by atoms with Crippen LogP contribution in [0.3, 0.4) is 0 Å². The van der Waals surface area contributed by atoms with Gasteiger partial charge in [-0.25, -0.2) is 9.38 Å². The van der Waals surface area contributed by atoms with Crippen LogP contribution in [0.2, 0.25) is 0 Å². The molecular weight excluding hydrogens is 434 g/mol. The molecule has 1 fully saturated rings. The van der Waals surface area contributed by atoms with Crippen molar-refractivity contribution in [3.63, 3.8) is 0 Å². The second kappa shape index (κ2) is 10.6. The van der Waals surface area contributed by atoms with Gasteiger partial charge in [-0.3, -0.25) is 0 Å². The van der Waals surface area contributed by atoms with Gasteiger partial charge in [0.2, 0.25) is 0 Å². The molecule has 0 aliphatic heterocycles. The molecule has 2 N–H and O–H groups in total. The minimum absolute atomic E-state index is 0. The van der Waals surface area contributed by atoms with Crippen molar-refractivity contribution in [3.05, 3.63) is 29.6 Å². The van der Waals surface area contributed by atoms with Gasteiger partial charge in [-0.1, -0.05) is 18.9 Å². The van der Waals surface area contributed by atoms with Crippen molar-refractivity contribution in [3.8, 4) is 5.75 Å². The van der Waals surface area contributed by atoms with Gasteiger partial charge in [0.1, 0.15) is 11.6 Å². The number of nitrogens with one attached hydrogen (secondary N) is 2. The number of hydrogen-bond donors (Lipinski definition) is 2. The molecule has 0 bridgehead atoms. The van der Waals surface area contributed by atoms with Crippen molar-refractivity contribution in [1.29, 1.82) is 0 Å². The van der Waals surface area contributed by atoms with Crippen LogP contribution in [0.5, 0.6) is 5.75 Å². The van der Waals surface area contributed by atoms with Gasteiger partial charge in [0.05, 0.1) is 12.1 Å². The lowest BCUT2D eigenvalue weighted by molar-refractivity contribution is -0.0506. The first-order valence-electron chi connectivity index (χ1n) is 7.87. The van der Waals surface area contributed by atoms with E-state index in [4.69, 9.17) is 0 Å². The Morgan fingerprint density at radius 2 is 2.04 bits per heavy atom. The Morgan fingerprint density at radius 3 is 2.67 bits per heavy atom. The Balaban J connectivity index is 0.00000288. The molecule has 0 spiro atoms. The predicted molar refractivity (Wildman–Crippen MR) is 98.7 cm³/mol. The summed E-state index contributed by atoms with van der Waals surface area (Å²) in [4.78, 5) is 4.31. The molecule has 1 saturated carbocycles. The van der Waals surface area contributed by atoms with Crippen molar-refractivity contribution in [1.82, 2.24) is 10.6 Å². The number of guanidine groups is 1. The molecule has 1 aromatic rings. The lowest BCUT2D eigenvalue weighted by Gasteiger charge is -2.17. The number of ether oxygens (including phenoxy) is 1. The van der Waals surface area contributed by atoms with Crippen LogP contribution in [0.25, 0.3) is 0 Å². The van der Waals surface area contributed by atoms with E-state index in [2.05, 4.69) is 20.4 Å². The normalized spacial score (nSPS) is 15.3. The molecule has 0 radical (unpaired) electrons. The fraction of sp³-hybridized carbons (Fsp3) is 0.562. The average molecular weight is 457 g/mol. The zero-order valence-electron chi connectivity index (χ0n) is 13.5. The van der Waals surface area contributed by atoms with Crippen LogP contribution >= 0.6 is 24.0 Å². The number of aliphatic imine (C=N–C) groups is 1. The van der Waals surface area contributed by atoms with Crippen LogP contribution in [-0.2, 0) is 6.54 Å². The SMILES string of the molecule is CCNC(=NCc1c(F)cccc1OC(F)F)NC1CCCC1.I. The summed E-state index contributed by atoms with van der Waals surface area (Å²) in [6, 6.07) is 4.21. The quantitative estimate of drug-likeness (QED) is 0.385. The molecule has 2 rings (SSSR count). The third-order valence-electron chi connectivity index (χ3n) is 3.73. The highest BCUT2D eigenvalue weighted by molar-refractivity contribution is 14.0. The Hall–Kier alpha value is -1.19. The summed E-state index contributed by atoms with van der Waals surface area (Å²) in [5.41, 5.74) is 0.0245. The molecule has 136 valence electrons. The summed E-state index contributed by atoms with van der Waals surface area (Å²) in [6.07, 6.45) is 4.50. The highest BCUT2D eigenvalue weighted by atomic mass is 127. The molecule has 24 heavy (non-hydrogen) atoms. The maximum absolute atomic E-state index is 13.9. The number of alkyl halides is 2. The van der Waals surface area contributed by atoms with Crippen molar-refractivity contribution in [2.75, 3.05) is 6.54 Å². The van der Waals surface area contributed by atoms with E-state index < -0.39 is 12.4 Å². The van der Waals surface area contributed by atoms with Crippen LogP contribution in [0, 0.1) is 5.82 Å². The van der Waals surface area contributed by atoms with Crippen LogP contribution in [0.4, 0.5) is 13.2 Å². The first-order chi connectivity index (χ1) is 11.1. The standard InChI is InChI=1S/C16H22F3N3O.HI/c1-2-20-16(22-11-6-3-4-7-11)21-10-12-13(17)8-5-9-14(12)23-15(18)19;/h5,8-9,11,15H,2-4,6-7,10H2,1H3,(H2,20,21,22);1H. The second-order valence-electron chi connectivity index (χ2n) is 5.42. The molecule has 0 unspecified atom stereocenters. The molecule has 0 saturated heterocycles. The Morgan fingerprint density at radius 1 is 1.33 bits per heavy atom. The fourth-order valence-electron chi connectivity index (χ4n) is 2.64. The second-order valence-corrected chi connectivity index (χ2v) is 5.42. The monoisotopic (exact) mass is 457 g/mol. The highest BCUT2D eigenvalue weighted by Gasteiger charge is 2.17. The third-order valence-corrected chi connectivity index (χ3v) is 3.73. The van der Waals surface area contributed by atoms with E-state index >= 15 is 0 Å². The van der Waals surface area contributed by atoms with E-state index in [-0.39, 0.29) is 41.8 Å². The summed E-state index contributed by atoms with van der Waals surface area (Å²) in [5, 5.41) is 6.38. The molecule has 0 heterocycles. The van der Waals surface area contributed by atoms with Gasteiger partial charge >= 0.3 is 6.61 Å². The van der Waals surface area contributed by atoms with E-state index in [1.165, 1.54) is 31.0 Å².